The zero-order chi connectivity index (χ0) is 14.3. The first-order valence-corrected chi connectivity index (χ1v) is 7.78. The molecule has 0 saturated heterocycles. The molecule has 0 bridgehead atoms. The van der Waals surface area contributed by atoms with Crippen LogP contribution < -0.4 is 5.73 Å². The summed E-state index contributed by atoms with van der Waals surface area (Å²) in [6.07, 6.45) is 5.37. The number of hydrogen-bond donors (Lipinski definition) is 3. The second kappa shape index (κ2) is 4.62. The maximum atomic E-state index is 11.0. The molecule has 0 aromatic carbocycles. The summed E-state index contributed by atoms with van der Waals surface area (Å²) in [6.45, 7) is 0. The lowest BCUT2D eigenvalue weighted by Gasteiger charge is -2.12. The third kappa shape index (κ3) is 2.43. The van der Waals surface area contributed by atoms with E-state index in [9.17, 15) is 4.57 Å². The molecule has 0 radical (unpaired) electrons. The molecule has 0 fully saturated rings. The van der Waals surface area contributed by atoms with E-state index in [1.807, 2.05) is 6.08 Å². The molecule has 2 atom stereocenters. The largest absolute Gasteiger partial charge is 0.382 e. The van der Waals surface area contributed by atoms with E-state index in [2.05, 4.69) is 20.3 Å². The fourth-order valence-corrected chi connectivity index (χ4v) is 3.26. The molecule has 4 N–H and O–H groups in total. The average molecular weight is 296 g/mol. The molecule has 1 aliphatic carbocycles. The smallest absolute Gasteiger partial charge is 0.326 e. The van der Waals surface area contributed by atoms with Crippen LogP contribution in [0.1, 0.15) is 12.5 Å². The predicted octanol–water partition coefficient (Wildman–Crippen LogP) is 0.0984. The van der Waals surface area contributed by atoms with Crippen LogP contribution in [-0.4, -0.2) is 40.9 Å². The Balaban J connectivity index is 1.86. The number of rotatable bonds is 3. The zero-order valence-corrected chi connectivity index (χ0v) is 11.3. The first kappa shape index (κ1) is 13.2. The number of fused-ring (bicyclic) bond motifs is 1. The third-order valence-corrected chi connectivity index (χ3v) is 4.17. The number of allylic oxidation sites excluding steroid dienone is 2. The van der Waals surface area contributed by atoms with Crippen LogP contribution in [0.2, 0.25) is 0 Å². The van der Waals surface area contributed by atoms with Crippen LogP contribution in [0.15, 0.2) is 18.5 Å². The van der Waals surface area contributed by atoms with Crippen molar-refractivity contribution in [2.24, 2.45) is 5.92 Å². The Labute approximate surface area is 113 Å². The third-order valence-electron chi connectivity index (χ3n) is 3.23. The quantitative estimate of drug-likeness (QED) is 0.535. The van der Waals surface area contributed by atoms with Crippen LogP contribution in [0.5, 0.6) is 0 Å². The molecule has 2 heterocycles. The van der Waals surface area contributed by atoms with E-state index in [0.29, 0.717) is 17.6 Å². The monoisotopic (exact) mass is 296 g/mol. The van der Waals surface area contributed by atoms with Crippen LogP contribution in [0.4, 0.5) is 5.82 Å². The summed E-state index contributed by atoms with van der Waals surface area (Å²) in [7, 11) is -4.02. The summed E-state index contributed by atoms with van der Waals surface area (Å²) >= 11 is 0. The minimum absolute atomic E-state index is 0.133. The van der Waals surface area contributed by atoms with Crippen LogP contribution in [0.25, 0.3) is 11.2 Å². The van der Waals surface area contributed by atoms with E-state index in [1.54, 1.807) is 10.8 Å². The number of nitrogens with zero attached hydrogens (tertiary/aromatic N) is 5. The standard InChI is InChI=1S/C10H13N6O3P/c11-9-8-10(13-5-12-9)16(15-14-8)7-2-1-6(3-7)4-20(17,18)19/h1-2,5-7H,3-4H2,(H2,11,12,13)(H2,17,18,19). The molecular weight excluding hydrogens is 283 g/mol. The van der Waals surface area contributed by atoms with Crippen molar-refractivity contribution in [1.29, 1.82) is 0 Å². The fourth-order valence-electron chi connectivity index (χ4n) is 2.38. The molecule has 2 aromatic heterocycles. The van der Waals surface area contributed by atoms with Gasteiger partial charge in [-0.05, 0) is 12.3 Å². The van der Waals surface area contributed by atoms with Crippen LogP contribution in [0, 0.1) is 5.92 Å². The lowest BCUT2D eigenvalue weighted by molar-refractivity contribution is 0.363. The highest BCUT2D eigenvalue weighted by Gasteiger charge is 2.28. The van der Waals surface area contributed by atoms with Gasteiger partial charge in [0.2, 0.25) is 0 Å². The van der Waals surface area contributed by atoms with E-state index in [0.717, 1.165) is 0 Å². The SMILES string of the molecule is Nc1ncnc2c1nnn2C1C=CC(CP(=O)(O)O)C1. The highest BCUT2D eigenvalue weighted by Crippen LogP contribution is 2.42. The van der Waals surface area contributed by atoms with Crippen molar-refractivity contribution in [2.45, 2.75) is 12.5 Å². The number of anilines is 1. The summed E-state index contributed by atoms with van der Waals surface area (Å²) in [5, 5.41) is 7.95. The molecule has 3 rings (SSSR count). The van der Waals surface area contributed by atoms with Gasteiger partial charge in [-0.15, -0.1) is 5.10 Å². The van der Waals surface area contributed by atoms with Gasteiger partial charge < -0.3 is 15.5 Å². The van der Waals surface area contributed by atoms with Gasteiger partial charge in [-0.1, -0.05) is 17.4 Å². The van der Waals surface area contributed by atoms with E-state index >= 15 is 0 Å². The van der Waals surface area contributed by atoms with Crippen molar-refractivity contribution < 1.29 is 14.4 Å². The van der Waals surface area contributed by atoms with E-state index < -0.39 is 7.60 Å². The van der Waals surface area contributed by atoms with Crippen LogP contribution in [0.3, 0.4) is 0 Å². The second-order valence-corrected chi connectivity index (χ2v) is 6.45. The molecule has 20 heavy (non-hydrogen) atoms. The normalized spacial score (nSPS) is 22.7. The first-order valence-electron chi connectivity index (χ1n) is 5.98. The number of hydrogen-bond acceptors (Lipinski definition) is 6. The van der Waals surface area contributed by atoms with Crippen molar-refractivity contribution in [1.82, 2.24) is 25.0 Å². The Hall–Kier alpha value is -1.83. The lowest BCUT2D eigenvalue weighted by Crippen LogP contribution is -2.10. The van der Waals surface area contributed by atoms with Gasteiger partial charge in [0, 0.05) is 0 Å². The Morgan fingerprint density at radius 2 is 2.20 bits per heavy atom. The Bertz CT molecular complexity index is 723. The number of aromatic nitrogens is 5. The average Bonchev–Trinajstić information content (AvgIpc) is 2.93. The molecule has 0 amide bonds. The van der Waals surface area contributed by atoms with E-state index in [1.165, 1.54) is 6.33 Å². The fraction of sp³-hybridized carbons (Fsp3) is 0.400. The molecule has 9 nitrogen and oxygen atoms in total. The zero-order valence-electron chi connectivity index (χ0n) is 10.4. The van der Waals surface area contributed by atoms with Gasteiger partial charge in [-0.3, -0.25) is 4.57 Å². The summed E-state index contributed by atoms with van der Waals surface area (Å²) in [4.78, 5) is 26.0. The number of nitrogens with two attached hydrogens (primary N) is 1. The summed E-state index contributed by atoms with van der Waals surface area (Å²) in [5.41, 5.74) is 6.64. The van der Waals surface area contributed by atoms with Gasteiger partial charge in [0.05, 0.1) is 12.2 Å². The van der Waals surface area contributed by atoms with Crippen LogP contribution >= 0.6 is 7.60 Å². The predicted molar refractivity (Wildman–Crippen MR) is 70.7 cm³/mol. The van der Waals surface area contributed by atoms with Gasteiger partial charge in [-0.2, -0.15) is 0 Å². The molecule has 0 saturated carbocycles. The van der Waals surface area contributed by atoms with Crippen molar-refractivity contribution in [3.05, 3.63) is 18.5 Å². The Morgan fingerprint density at radius 1 is 1.40 bits per heavy atom. The van der Waals surface area contributed by atoms with E-state index in [4.69, 9.17) is 15.5 Å². The molecule has 2 aromatic rings. The molecule has 2 unspecified atom stereocenters. The minimum atomic E-state index is -4.02. The molecule has 0 spiro atoms. The van der Waals surface area contributed by atoms with E-state index in [-0.39, 0.29) is 23.9 Å². The molecule has 106 valence electrons. The Kier molecular flexibility index (Phi) is 3.04. The van der Waals surface area contributed by atoms with Crippen molar-refractivity contribution in [3.63, 3.8) is 0 Å². The number of nitrogen functional groups attached to an aromatic ring is 1. The summed E-state index contributed by atoms with van der Waals surface area (Å²) < 4.78 is 12.6. The topological polar surface area (TPSA) is 140 Å². The second-order valence-electron chi connectivity index (χ2n) is 4.76. The van der Waals surface area contributed by atoms with Gasteiger partial charge in [0.15, 0.2) is 17.0 Å². The molecular formula is C10H13N6O3P. The van der Waals surface area contributed by atoms with Gasteiger partial charge in [0.25, 0.3) is 0 Å². The highest BCUT2D eigenvalue weighted by molar-refractivity contribution is 7.51. The Morgan fingerprint density at radius 3 is 2.95 bits per heavy atom. The van der Waals surface area contributed by atoms with Crippen molar-refractivity contribution >= 4 is 24.6 Å². The minimum Gasteiger partial charge on any atom is -0.382 e. The molecule has 10 heteroatoms. The van der Waals surface area contributed by atoms with Crippen molar-refractivity contribution in [2.75, 3.05) is 11.9 Å². The van der Waals surface area contributed by atoms with Crippen LogP contribution in [-0.2, 0) is 4.57 Å². The van der Waals surface area contributed by atoms with Gasteiger partial charge in [-0.25, -0.2) is 14.6 Å². The highest BCUT2D eigenvalue weighted by atomic mass is 31.2. The van der Waals surface area contributed by atoms with Gasteiger partial charge in [0.1, 0.15) is 6.33 Å². The first-order chi connectivity index (χ1) is 9.44. The van der Waals surface area contributed by atoms with Gasteiger partial charge >= 0.3 is 7.60 Å². The summed E-state index contributed by atoms with van der Waals surface area (Å²) in [5.74, 6) is 0.0780. The maximum absolute atomic E-state index is 11.0. The van der Waals surface area contributed by atoms with Crippen molar-refractivity contribution in [3.8, 4) is 0 Å². The lowest BCUT2D eigenvalue weighted by atomic mass is 10.1. The molecule has 0 aliphatic heterocycles. The molecule has 1 aliphatic rings. The maximum Gasteiger partial charge on any atom is 0.326 e. The summed E-state index contributed by atoms with van der Waals surface area (Å²) in [6, 6.07) is -0.133.